The number of nitrogens with one attached hydrogen (secondary N) is 1. The summed E-state index contributed by atoms with van der Waals surface area (Å²) < 4.78 is 2.71. The van der Waals surface area contributed by atoms with Gasteiger partial charge in [-0.25, -0.2) is 0 Å². The van der Waals surface area contributed by atoms with Gasteiger partial charge in [0.25, 0.3) is 0 Å². The molecule has 1 nitrogen and oxygen atoms in total. The molecule has 0 atom stereocenters. The molecule has 3 aromatic rings. The summed E-state index contributed by atoms with van der Waals surface area (Å²) >= 11 is 1.85. The number of fused-ring (bicyclic) bond motifs is 3. The molecule has 0 unspecified atom stereocenters. The van der Waals surface area contributed by atoms with Crippen LogP contribution in [0.1, 0.15) is 0 Å². The molecule has 0 aliphatic carbocycles. The highest BCUT2D eigenvalue weighted by Crippen LogP contribution is 2.37. The van der Waals surface area contributed by atoms with Crippen molar-refractivity contribution < 1.29 is 0 Å². The van der Waals surface area contributed by atoms with Crippen LogP contribution < -0.4 is 5.32 Å². The molecule has 1 N–H and O–H groups in total. The molecule has 3 rings (SSSR count). The first kappa shape index (κ1) is 8.74. The van der Waals surface area contributed by atoms with E-state index in [1.54, 1.807) is 0 Å². The lowest BCUT2D eigenvalue weighted by Crippen LogP contribution is -1.87. The molecule has 2 heteroatoms. The van der Waals surface area contributed by atoms with Crippen molar-refractivity contribution in [1.29, 1.82) is 0 Å². The van der Waals surface area contributed by atoms with Crippen molar-refractivity contribution in [3.63, 3.8) is 0 Å². The van der Waals surface area contributed by atoms with Gasteiger partial charge in [-0.2, -0.15) is 0 Å². The Kier molecular flexibility index (Phi) is 1.89. The van der Waals surface area contributed by atoms with E-state index in [1.165, 1.54) is 25.9 Å². The fourth-order valence-corrected chi connectivity index (χ4v) is 3.12. The van der Waals surface area contributed by atoms with Crippen molar-refractivity contribution in [2.24, 2.45) is 0 Å². The molecule has 15 heavy (non-hydrogen) atoms. The van der Waals surface area contributed by atoms with E-state index in [0.29, 0.717) is 0 Å². The van der Waals surface area contributed by atoms with Gasteiger partial charge in [-0.15, -0.1) is 11.3 Å². The summed E-state index contributed by atoms with van der Waals surface area (Å²) in [5, 5.41) is 5.95. The lowest BCUT2D eigenvalue weighted by Gasteiger charge is -2.01. The normalized spacial score (nSPS) is 11.0. The zero-order chi connectivity index (χ0) is 10.3. The summed E-state index contributed by atoms with van der Waals surface area (Å²) in [5.74, 6) is 0. The van der Waals surface area contributed by atoms with Crippen LogP contribution in [0.5, 0.6) is 0 Å². The predicted molar refractivity (Wildman–Crippen MR) is 68.9 cm³/mol. The Morgan fingerprint density at radius 1 is 0.933 bits per heavy atom. The highest BCUT2D eigenvalue weighted by Gasteiger charge is 2.06. The molecule has 0 spiro atoms. The second-order valence-electron chi connectivity index (χ2n) is 3.53. The fraction of sp³-hybridized carbons (Fsp3) is 0.0769. The van der Waals surface area contributed by atoms with Gasteiger partial charge < -0.3 is 5.32 Å². The Hall–Kier alpha value is -1.54. The van der Waals surface area contributed by atoms with Gasteiger partial charge in [-0.05, 0) is 18.2 Å². The van der Waals surface area contributed by atoms with Gasteiger partial charge in [-0.3, -0.25) is 0 Å². The van der Waals surface area contributed by atoms with E-state index in [-0.39, 0.29) is 0 Å². The lowest BCUT2D eigenvalue weighted by atomic mass is 10.1. The van der Waals surface area contributed by atoms with E-state index in [1.807, 2.05) is 18.4 Å². The quantitative estimate of drug-likeness (QED) is 0.641. The number of hydrogen-bond donors (Lipinski definition) is 1. The standard InChI is InChI=1S/C13H11NS/c1-14-10-6-4-8-12-13(10)9-5-2-3-7-11(9)15-12/h2-8,14H,1H3. The van der Waals surface area contributed by atoms with Crippen LogP contribution >= 0.6 is 11.3 Å². The van der Waals surface area contributed by atoms with Gasteiger partial charge >= 0.3 is 0 Å². The Bertz CT molecular complexity index is 625. The van der Waals surface area contributed by atoms with Crippen molar-refractivity contribution >= 4 is 37.2 Å². The molecule has 0 radical (unpaired) electrons. The topological polar surface area (TPSA) is 12.0 Å². The van der Waals surface area contributed by atoms with Gasteiger partial charge in [0.05, 0.1) is 0 Å². The first-order valence-corrected chi connectivity index (χ1v) is 5.80. The van der Waals surface area contributed by atoms with Crippen LogP contribution in [-0.4, -0.2) is 7.05 Å². The summed E-state index contributed by atoms with van der Waals surface area (Å²) in [6.07, 6.45) is 0. The SMILES string of the molecule is CNc1cccc2sc3ccccc3c12. The van der Waals surface area contributed by atoms with Crippen LogP contribution in [0.2, 0.25) is 0 Å². The largest absolute Gasteiger partial charge is 0.388 e. The van der Waals surface area contributed by atoms with E-state index >= 15 is 0 Å². The third-order valence-electron chi connectivity index (χ3n) is 2.67. The monoisotopic (exact) mass is 213 g/mol. The smallest absolute Gasteiger partial charge is 0.0432 e. The van der Waals surface area contributed by atoms with Gasteiger partial charge in [0.1, 0.15) is 0 Å². The fourth-order valence-electron chi connectivity index (χ4n) is 1.98. The molecule has 0 saturated carbocycles. The summed E-state index contributed by atoms with van der Waals surface area (Å²) in [7, 11) is 1.97. The first-order chi connectivity index (χ1) is 7.40. The molecular weight excluding hydrogens is 202 g/mol. The minimum absolute atomic E-state index is 1.21. The third kappa shape index (κ3) is 1.22. The van der Waals surface area contributed by atoms with Crippen LogP contribution in [0.25, 0.3) is 20.2 Å². The summed E-state index contributed by atoms with van der Waals surface area (Å²) in [6, 6.07) is 15.0. The highest BCUT2D eigenvalue weighted by atomic mass is 32.1. The Morgan fingerprint density at radius 2 is 1.73 bits per heavy atom. The van der Waals surface area contributed by atoms with Crippen LogP contribution in [-0.2, 0) is 0 Å². The Morgan fingerprint density at radius 3 is 2.60 bits per heavy atom. The van der Waals surface area contributed by atoms with Crippen molar-refractivity contribution in [3.8, 4) is 0 Å². The lowest BCUT2D eigenvalue weighted by molar-refractivity contribution is 1.56. The molecule has 0 aliphatic rings. The summed E-state index contributed by atoms with van der Waals surface area (Å²) in [6.45, 7) is 0. The number of thiophene rings is 1. The maximum absolute atomic E-state index is 3.25. The Balaban J connectivity index is 2.56. The average Bonchev–Trinajstić information content (AvgIpc) is 2.67. The Labute approximate surface area is 92.3 Å². The molecule has 0 fully saturated rings. The minimum atomic E-state index is 1.21. The van der Waals surface area contributed by atoms with Crippen LogP contribution in [0, 0.1) is 0 Å². The number of anilines is 1. The first-order valence-electron chi connectivity index (χ1n) is 4.98. The molecule has 0 amide bonds. The molecule has 2 aromatic carbocycles. The minimum Gasteiger partial charge on any atom is -0.388 e. The zero-order valence-corrected chi connectivity index (χ0v) is 9.27. The molecule has 1 heterocycles. The highest BCUT2D eigenvalue weighted by molar-refractivity contribution is 7.25. The van der Waals surface area contributed by atoms with Crippen molar-refractivity contribution in [1.82, 2.24) is 0 Å². The number of benzene rings is 2. The van der Waals surface area contributed by atoms with Crippen LogP contribution in [0.3, 0.4) is 0 Å². The van der Waals surface area contributed by atoms with Crippen molar-refractivity contribution in [2.45, 2.75) is 0 Å². The maximum Gasteiger partial charge on any atom is 0.0432 e. The van der Waals surface area contributed by atoms with Crippen molar-refractivity contribution in [2.75, 3.05) is 12.4 Å². The molecule has 0 bridgehead atoms. The van der Waals surface area contributed by atoms with Gasteiger partial charge in [0, 0.05) is 32.9 Å². The van der Waals surface area contributed by atoms with E-state index in [0.717, 1.165) is 0 Å². The molecule has 0 saturated heterocycles. The molecular formula is C13H11NS. The van der Waals surface area contributed by atoms with E-state index in [9.17, 15) is 0 Å². The number of rotatable bonds is 1. The van der Waals surface area contributed by atoms with E-state index in [2.05, 4.69) is 47.8 Å². The molecule has 1 aromatic heterocycles. The second kappa shape index (κ2) is 3.24. The summed E-state index contributed by atoms with van der Waals surface area (Å²) in [4.78, 5) is 0. The van der Waals surface area contributed by atoms with Crippen LogP contribution in [0.4, 0.5) is 5.69 Å². The number of hydrogen-bond acceptors (Lipinski definition) is 2. The zero-order valence-electron chi connectivity index (χ0n) is 8.45. The summed E-state index contributed by atoms with van der Waals surface area (Å²) in [5.41, 5.74) is 1.21. The molecule has 74 valence electrons. The van der Waals surface area contributed by atoms with E-state index < -0.39 is 0 Å². The van der Waals surface area contributed by atoms with Gasteiger partial charge in [0.2, 0.25) is 0 Å². The van der Waals surface area contributed by atoms with Gasteiger partial charge in [0.15, 0.2) is 0 Å². The average molecular weight is 213 g/mol. The van der Waals surface area contributed by atoms with E-state index in [4.69, 9.17) is 0 Å². The van der Waals surface area contributed by atoms with Crippen LogP contribution in [0.15, 0.2) is 42.5 Å². The van der Waals surface area contributed by atoms with Gasteiger partial charge in [-0.1, -0.05) is 24.3 Å². The molecule has 0 aliphatic heterocycles. The second-order valence-corrected chi connectivity index (χ2v) is 4.61. The van der Waals surface area contributed by atoms with Crippen molar-refractivity contribution in [3.05, 3.63) is 42.5 Å². The maximum atomic E-state index is 3.25. The third-order valence-corrected chi connectivity index (χ3v) is 3.81. The predicted octanol–water partition coefficient (Wildman–Crippen LogP) is 4.10.